The summed E-state index contributed by atoms with van der Waals surface area (Å²) < 4.78 is 5.89. The molecular weight excluding hydrogens is 372 g/mol. The van der Waals surface area contributed by atoms with E-state index in [9.17, 15) is 0 Å². The van der Waals surface area contributed by atoms with E-state index in [-0.39, 0.29) is 6.04 Å². The number of aryl methyl sites for hydroxylation is 1. The molecule has 0 aliphatic rings. The van der Waals surface area contributed by atoms with Crippen molar-refractivity contribution in [2.45, 2.75) is 19.4 Å². The van der Waals surface area contributed by atoms with E-state index in [2.05, 4.69) is 21.2 Å². The van der Waals surface area contributed by atoms with E-state index in [1.165, 1.54) is 0 Å². The Morgan fingerprint density at radius 2 is 1.89 bits per heavy atom. The third kappa shape index (κ3) is 4.16. The molecule has 0 amide bonds. The molecule has 28 heavy (non-hydrogen) atoms. The second-order valence-electron chi connectivity index (χ2n) is 6.88. The summed E-state index contributed by atoms with van der Waals surface area (Å²) in [6, 6.07) is 15.8. The number of fused-ring (bicyclic) bond motifs is 1. The van der Waals surface area contributed by atoms with Crippen LogP contribution in [-0.4, -0.2) is 27.8 Å². The van der Waals surface area contributed by atoms with Crippen molar-refractivity contribution in [2.75, 3.05) is 6.61 Å². The van der Waals surface area contributed by atoms with Crippen molar-refractivity contribution in [3.63, 3.8) is 0 Å². The minimum Gasteiger partial charge on any atom is -0.490 e. The van der Waals surface area contributed by atoms with Gasteiger partial charge in [-0.25, -0.2) is 0 Å². The predicted octanol–water partition coefficient (Wildman–Crippen LogP) is 4.54. The Labute approximate surface area is 168 Å². The molecule has 2 aromatic heterocycles. The summed E-state index contributed by atoms with van der Waals surface area (Å²) in [6.07, 6.45) is 4.26. The van der Waals surface area contributed by atoms with E-state index in [0.717, 1.165) is 44.7 Å². The molecule has 4 aromatic rings. The molecule has 0 unspecified atom stereocenters. The van der Waals surface area contributed by atoms with Crippen LogP contribution in [0, 0.1) is 6.92 Å². The summed E-state index contributed by atoms with van der Waals surface area (Å²) in [7, 11) is 0. The molecule has 0 saturated heterocycles. The quantitative estimate of drug-likeness (QED) is 0.505. The molecule has 2 aromatic carbocycles. The number of pyridine rings is 1. The van der Waals surface area contributed by atoms with E-state index in [0.29, 0.717) is 12.4 Å². The molecule has 0 fully saturated rings. The summed E-state index contributed by atoms with van der Waals surface area (Å²) in [4.78, 5) is 4.32. The van der Waals surface area contributed by atoms with Gasteiger partial charge in [-0.15, -0.1) is 0 Å². The molecule has 2 heterocycles. The Balaban J connectivity index is 1.44. The highest BCUT2D eigenvalue weighted by molar-refractivity contribution is 6.30. The summed E-state index contributed by atoms with van der Waals surface area (Å²) in [5.74, 6) is 0.702. The lowest BCUT2D eigenvalue weighted by Gasteiger charge is -2.14. The fourth-order valence-corrected chi connectivity index (χ4v) is 3.29. The zero-order valence-electron chi connectivity index (χ0n) is 15.5. The summed E-state index contributed by atoms with van der Waals surface area (Å²) in [5.41, 5.74) is 11.4. The first-order chi connectivity index (χ1) is 13.6. The smallest absolute Gasteiger partial charge is 0.138 e. The van der Waals surface area contributed by atoms with Gasteiger partial charge in [0.15, 0.2) is 0 Å². The molecule has 0 saturated carbocycles. The van der Waals surface area contributed by atoms with Gasteiger partial charge in [-0.3, -0.25) is 10.1 Å². The van der Waals surface area contributed by atoms with Gasteiger partial charge in [-0.05, 0) is 54.8 Å². The third-order valence-corrected chi connectivity index (χ3v) is 4.93. The molecule has 6 heteroatoms. The molecule has 3 N–H and O–H groups in total. The van der Waals surface area contributed by atoms with Crippen LogP contribution < -0.4 is 10.5 Å². The zero-order chi connectivity index (χ0) is 19.5. The zero-order valence-corrected chi connectivity index (χ0v) is 16.3. The molecule has 0 radical (unpaired) electrons. The van der Waals surface area contributed by atoms with Gasteiger partial charge >= 0.3 is 0 Å². The Bertz CT molecular complexity index is 1090. The lowest BCUT2D eigenvalue weighted by atomic mass is 10.0. The van der Waals surface area contributed by atoms with Crippen LogP contribution in [0.5, 0.6) is 5.75 Å². The third-order valence-electron chi connectivity index (χ3n) is 4.68. The van der Waals surface area contributed by atoms with Gasteiger partial charge in [0, 0.05) is 28.2 Å². The topological polar surface area (TPSA) is 76.8 Å². The van der Waals surface area contributed by atoms with E-state index in [4.69, 9.17) is 22.1 Å². The maximum atomic E-state index is 6.22. The molecule has 142 valence electrons. The van der Waals surface area contributed by atoms with Crippen molar-refractivity contribution in [2.24, 2.45) is 5.73 Å². The van der Waals surface area contributed by atoms with E-state index < -0.39 is 0 Å². The largest absolute Gasteiger partial charge is 0.490 e. The minimum atomic E-state index is -0.116. The number of H-pyrrole nitrogens is 1. The van der Waals surface area contributed by atoms with Crippen LogP contribution in [0.4, 0.5) is 0 Å². The number of hydrogen-bond acceptors (Lipinski definition) is 4. The van der Waals surface area contributed by atoms with Gasteiger partial charge in [-0.2, -0.15) is 5.10 Å². The average Bonchev–Trinajstić information content (AvgIpc) is 3.09. The van der Waals surface area contributed by atoms with Gasteiger partial charge in [0.05, 0.1) is 17.4 Å². The van der Waals surface area contributed by atoms with Crippen molar-refractivity contribution in [1.82, 2.24) is 15.2 Å². The lowest BCUT2D eigenvalue weighted by Crippen LogP contribution is -2.30. The highest BCUT2D eigenvalue weighted by atomic mass is 35.5. The fraction of sp³-hybridized carbons (Fsp3) is 0.182. The lowest BCUT2D eigenvalue weighted by molar-refractivity contribution is 0.286. The summed E-state index contributed by atoms with van der Waals surface area (Å²) in [5, 5.41) is 9.10. The number of nitrogens with one attached hydrogen (secondary N) is 1. The Hall–Kier alpha value is -2.89. The fourth-order valence-electron chi connectivity index (χ4n) is 3.17. The van der Waals surface area contributed by atoms with E-state index in [1.807, 2.05) is 55.6 Å². The monoisotopic (exact) mass is 392 g/mol. The highest BCUT2D eigenvalue weighted by Gasteiger charge is 2.08. The number of rotatable bonds is 6. The number of aromatic nitrogens is 3. The molecular formula is C22H21ClN4O. The summed E-state index contributed by atoms with van der Waals surface area (Å²) in [6.45, 7) is 2.40. The summed E-state index contributed by atoms with van der Waals surface area (Å²) >= 11 is 5.92. The maximum Gasteiger partial charge on any atom is 0.138 e. The first-order valence-corrected chi connectivity index (χ1v) is 9.49. The number of halogens is 1. The Morgan fingerprint density at radius 3 is 2.71 bits per heavy atom. The molecule has 0 bridgehead atoms. The molecule has 5 nitrogen and oxygen atoms in total. The van der Waals surface area contributed by atoms with Crippen LogP contribution in [0.15, 0.2) is 60.9 Å². The molecule has 0 aliphatic carbocycles. The molecule has 0 spiro atoms. The number of ether oxygens (including phenoxy) is 1. The van der Waals surface area contributed by atoms with Crippen LogP contribution >= 0.6 is 11.6 Å². The number of aromatic amines is 1. The van der Waals surface area contributed by atoms with Crippen LogP contribution in [0.3, 0.4) is 0 Å². The van der Waals surface area contributed by atoms with Gasteiger partial charge in [0.2, 0.25) is 0 Å². The number of hydrogen-bond donors (Lipinski definition) is 2. The molecule has 1 atom stereocenters. The number of benzene rings is 2. The van der Waals surface area contributed by atoms with Crippen LogP contribution in [0.2, 0.25) is 5.02 Å². The average molecular weight is 393 g/mol. The molecule has 4 rings (SSSR count). The van der Waals surface area contributed by atoms with Crippen molar-refractivity contribution in [1.29, 1.82) is 0 Å². The normalized spacial score (nSPS) is 12.2. The van der Waals surface area contributed by atoms with Gasteiger partial charge in [-0.1, -0.05) is 29.8 Å². The minimum absolute atomic E-state index is 0.116. The van der Waals surface area contributed by atoms with Gasteiger partial charge in [0.1, 0.15) is 12.4 Å². The second kappa shape index (κ2) is 8.00. The van der Waals surface area contributed by atoms with E-state index >= 15 is 0 Å². The number of nitrogens with two attached hydrogens (primary N) is 1. The predicted molar refractivity (Wildman–Crippen MR) is 113 cm³/mol. The Kier molecular flexibility index (Phi) is 5.28. The molecule has 0 aliphatic heterocycles. The van der Waals surface area contributed by atoms with E-state index in [1.54, 1.807) is 6.20 Å². The van der Waals surface area contributed by atoms with Crippen molar-refractivity contribution < 1.29 is 4.74 Å². The van der Waals surface area contributed by atoms with Crippen molar-refractivity contribution in [3.05, 3.63) is 77.2 Å². The van der Waals surface area contributed by atoms with Crippen LogP contribution in [-0.2, 0) is 6.42 Å². The Morgan fingerprint density at radius 1 is 1.07 bits per heavy atom. The maximum absolute atomic E-state index is 6.22. The van der Waals surface area contributed by atoms with Crippen molar-refractivity contribution >= 4 is 22.5 Å². The van der Waals surface area contributed by atoms with Crippen LogP contribution in [0.25, 0.3) is 22.0 Å². The van der Waals surface area contributed by atoms with Gasteiger partial charge in [0.25, 0.3) is 0 Å². The van der Waals surface area contributed by atoms with Gasteiger partial charge < -0.3 is 10.5 Å². The van der Waals surface area contributed by atoms with Crippen molar-refractivity contribution in [3.8, 4) is 16.9 Å². The van der Waals surface area contributed by atoms with Crippen LogP contribution in [0.1, 0.15) is 11.3 Å². The number of nitrogens with zero attached hydrogens (tertiary/aromatic N) is 2. The SMILES string of the molecule is Cc1n[nH]c2ccc(-c3cncc(OC[C@H](N)Cc4ccc(Cl)cc4)c3)cc12. The highest BCUT2D eigenvalue weighted by Crippen LogP contribution is 2.27. The first-order valence-electron chi connectivity index (χ1n) is 9.11. The standard InChI is InChI=1S/C22H21ClN4O/c1-14-21-10-16(4-7-22(21)27-26-14)17-9-20(12-25-11-17)28-13-19(24)8-15-2-5-18(23)6-3-15/h2-7,9-12,19H,8,13,24H2,1H3,(H,26,27)/t19-/m1/s1. The second-order valence-corrected chi connectivity index (χ2v) is 7.32. The first kappa shape index (κ1) is 18.5.